The van der Waals surface area contributed by atoms with Crippen molar-refractivity contribution in [3.05, 3.63) is 70.5 Å². The second-order valence-corrected chi connectivity index (χ2v) is 9.45. The topological polar surface area (TPSA) is 51.0 Å². The van der Waals surface area contributed by atoms with Crippen LogP contribution in [0.5, 0.6) is 11.5 Å². The van der Waals surface area contributed by atoms with Crippen molar-refractivity contribution in [2.75, 3.05) is 20.3 Å². The highest BCUT2D eigenvalue weighted by atomic mass is 31.1. The molecule has 180 valence electrons. The highest BCUT2D eigenvalue weighted by Crippen LogP contribution is 2.39. The molecule has 0 aliphatic carbocycles. The summed E-state index contributed by atoms with van der Waals surface area (Å²) in [5.41, 5.74) is 5.38. The zero-order chi connectivity index (χ0) is 24.1. The van der Waals surface area contributed by atoms with Gasteiger partial charge >= 0.3 is 0 Å². The van der Waals surface area contributed by atoms with E-state index in [1.165, 1.54) is 41.5 Å². The van der Waals surface area contributed by atoms with Crippen LogP contribution < -0.4 is 9.47 Å². The van der Waals surface area contributed by atoms with E-state index < -0.39 is 0 Å². The number of ether oxygens (including phenoxy) is 2. The summed E-state index contributed by atoms with van der Waals surface area (Å²) < 4.78 is 11.1. The summed E-state index contributed by atoms with van der Waals surface area (Å²) in [5.74, 6) is 5.05. The van der Waals surface area contributed by atoms with Gasteiger partial charge in [-0.2, -0.15) is 0 Å². The first-order valence-corrected chi connectivity index (χ1v) is 13.1. The van der Waals surface area contributed by atoms with Gasteiger partial charge in [-0.05, 0) is 60.1 Å². The molecule has 5 heteroatoms. The molecule has 0 aromatic heterocycles. The Labute approximate surface area is 201 Å². The third-order valence-corrected chi connectivity index (χ3v) is 7.15. The number of nitrogens with zero attached hydrogens (tertiary/aromatic N) is 1. The summed E-state index contributed by atoms with van der Waals surface area (Å²) in [6, 6.07) is 15.2. The summed E-state index contributed by atoms with van der Waals surface area (Å²) in [6.07, 6.45) is 6.88. The molecule has 3 unspecified atom stereocenters. The van der Waals surface area contributed by atoms with Crippen molar-refractivity contribution in [1.82, 2.24) is 0 Å². The van der Waals surface area contributed by atoms with E-state index in [2.05, 4.69) is 74.9 Å². The van der Waals surface area contributed by atoms with Crippen LogP contribution in [0.1, 0.15) is 75.3 Å². The minimum Gasteiger partial charge on any atom is -0.486 e. The first-order chi connectivity index (χ1) is 16.1. The van der Waals surface area contributed by atoms with Crippen LogP contribution in [0, 0.1) is 0 Å². The Bertz CT molecular complexity index is 893. The van der Waals surface area contributed by atoms with Gasteiger partial charge in [0.15, 0.2) is 11.5 Å². The molecule has 2 aliphatic rings. The van der Waals surface area contributed by atoms with Gasteiger partial charge in [0, 0.05) is 13.3 Å². The molecule has 0 radical (unpaired) electrons. The molecule has 0 amide bonds. The van der Waals surface area contributed by atoms with E-state index in [0.29, 0.717) is 24.9 Å². The molecule has 4 rings (SSSR count). The van der Waals surface area contributed by atoms with Crippen molar-refractivity contribution < 1.29 is 14.6 Å². The second kappa shape index (κ2) is 14.9. The molecule has 0 spiro atoms. The molecule has 2 aliphatic heterocycles. The lowest BCUT2D eigenvalue weighted by molar-refractivity contribution is 0.171. The highest BCUT2D eigenvalue weighted by molar-refractivity contribution is 7.42. The molecule has 0 fully saturated rings. The third kappa shape index (κ3) is 8.61. The van der Waals surface area contributed by atoms with Gasteiger partial charge in [-0.25, -0.2) is 0 Å². The molecule has 0 bridgehead atoms. The molecule has 1 N–H and O–H groups in total. The summed E-state index contributed by atoms with van der Waals surface area (Å²) in [6.45, 7) is 10.1. The standard InChI is InChI=1S/C14H20O2.C13H16NP.CH4O/c1-3-4-5-11(2)12-6-7-13-14(10-12)16-9-8-15-13;1-3-11-4-6-12(7-5-11)13-14-8-10(2)9-15-13;1-2/h6-7,10-11H,3-5,8-9H2,1-2H3;4-9,13,15H,3H2,1-2H3;2H,1H3. The first kappa shape index (κ1) is 27.1. The van der Waals surface area contributed by atoms with Crippen LogP contribution in [-0.4, -0.2) is 31.6 Å². The minimum absolute atomic E-state index is 0.361. The van der Waals surface area contributed by atoms with Gasteiger partial charge in [0.05, 0.1) is 5.78 Å². The van der Waals surface area contributed by atoms with Crippen LogP contribution in [0.3, 0.4) is 0 Å². The fraction of sp³-hybridized carbons (Fsp3) is 0.464. The maximum atomic E-state index is 7.00. The number of hydrogen-bond acceptors (Lipinski definition) is 4. The number of hydrogen-bond donors (Lipinski definition) is 1. The molecule has 2 heterocycles. The Hall–Kier alpha value is -2.16. The van der Waals surface area contributed by atoms with E-state index >= 15 is 0 Å². The van der Waals surface area contributed by atoms with E-state index in [1.54, 1.807) is 0 Å². The van der Waals surface area contributed by atoms with Crippen LogP contribution in [0.15, 0.2) is 58.8 Å². The number of fused-ring (bicyclic) bond motifs is 1. The SMILES string of the molecule is CCCCC(C)c1ccc2c(c1)OCCO2.CCc1ccc(C2N=CC(C)=CP2)cc1.CO. The summed E-state index contributed by atoms with van der Waals surface area (Å²) in [5, 5.41) is 7.00. The molecule has 2 aromatic carbocycles. The van der Waals surface area contributed by atoms with Gasteiger partial charge in [0.2, 0.25) is 0 Å². The predicted molar refractivity (Wildman–Crippen MR) is 143 cm³/mol. The number of aryl methyl sites for hydroxylation is 1. The smallest absolute Gasteiger partial charge is 0.161 e. The molecule has 4 nitrogen and oxygen atoms in total. The van der Waals surface area contributed by atoms with Crippen LogP contribution in [0.25, 0.3) is 0 Å². The zero-order valence-electron chi connectivity index (χ0n) is 20.8. The van der Waals surface area contributed by atoms with E-state index in [-0.39, 0.29) is 0 Å². The van der Waals surface area contributed by atoms with Gasteiger partial charge in [0.25, 0.3) is 0 Å². The van der Waals surface area contributed by atoms with E-state index in [9.17, 15) is 0 Å². The minimum atomic E-state index is 0.361. The Kier molecular flexibility index (Phi) is 12.2. The highest BCUT2D eigenvalue weighted by Gasteiger charge is 2.14. The molecule has 0 saturated carbocycles. The van der Waals surface area contributed by atoms with Crippen LogP contribution in [-0.2, 0) is 6.42 Å². The van der Waals surface area contributed by atoms with Crippen LogP contribution in [0.4, 0.5) is 0 Å². The Balaban J connectivity index is 0.000000218. The number of aliphatic hydroxyl groups is 1. The number of rotatable bonds is 6. The normalized spacial score (nSPS) is 17.8. The molecule has 33 heavy (non-hydrogen) atoms. The molecular formula is C28H40NO3P. The van der Waals surface area contributed by atoms with Crippen LogP contribution in [0.2, 0.25) is 0 Å². The zero-order valence-corrected chi connectivity index (χ0v) is 21.8. The summed E-state index contributed by atoms with van der Waals surface area (Å²) in [7, 11) is 1.79. The summed E-state index contributed by atoms with van der Waals surface area (Å²) >= 11 is 0. The quantitative estimate of drug-likeness (QED) is 0.453. The van der Waals surface area contributed by atoms with Crippen molar-refractivity contribution in [1.29, 1.82) is 0 Å². The number of benzene rings is 2. The number of aliphatic imine (C=N–C) groups is 1. The van der Waals surface area contributed by atoms with Crippen molar-refractivity contribution in [2.45, 2.75) is 65.1 Å². The van der Waals surface area contributed by atoms with Gasteiger partial charge in [-0.3, -0.25) is 4.99 Å². The lowest BCUT2D eigenvalue weighted by Crippen LogP contribution is -2.15. The second-order valence-electron chi connectivity index (χ2n) is 8.28. The molecule has 0 saturated heterocycles. The largest absolute Gasteiger partial charge is 0.486 e. The fourth-order valence-corrected chi connectivity index (χ4v) is 4.68. The maximum Gasteiger partial charge on any atom is 0.161 e. The Morgan fingerprint density at radius 3 is 2.33 bits per heavy atom. The summed E-state index contributed by atoms with van der Waals surface area (Å²) in [4.78, 5) is 4.56. The average Bonchev–Trinajstić information content (AvgIpc) is 2.89. The first-order valence-electron chi connectivity index (χ1n) is 12.0. The number of unbranched alkanes of at least 4 members (excludes halogenated alkanes) is 1. The Morgan fingerprint density at radius 2 is 1.73 bits per heavy atom. The van der Waals surface area contributed by atoms with Crippen LogP contribution >= 0.6 is 8.58 Å². The van der Waals surface area contributed by atoms with Gasteiger partial charge < -0.3 is 14.6 Å². The maximum absolute atomic E-state index is 7.00. The lowest BCUT2D eigenvalue weighted by Gasteiger charge is -2.20. The monoisotopic (exact) mass is 469 g/mol. The van der Waals surface area contributed by atoms with E-state index in [0.717, 1.165) is 33.6 Å². The van der Waals surface area contributed by atoms with E-state index in [1.807, 2.05) is 12.3 Å². The number of allylic oxidation sites excluding steroid dienone is 1. The van der Waals surface area contributed by atoms with Gasteiger partial charge in [-0.15, -0.1) is 0 Å². The molecular weight excluding hydrogens is 429 g/mol. The average molecular weight is 470 g/mol. The van der Waals surface area contributed by atoms with Crippen molar-refractivity contribution >= 4 is 14.8 Å². The fourth-order valence-electron chi connectivity index (χ4n) is 3.64. The third-order valence-electron chi connectivity index (χ3n) is 5.73. The van der Waals surface area contributed by atoms with Crippen molar-refractivity contribution in [3.63, 3.8) is 0 Å². The molecule has 3 atom stereocenters. The van der Waals surface area contributed by atoms with E-state index in [4.69, 9.17) is 14.6 Å². The van der Waals surface area contributed by atoms with Gasteiger partial charge in [0.1, 0.15) is 13.2 Å². The van der Waals surface area contributed by atoms with Crippen molar-refractivity contribution in [2.24, 2.45) is 4.99 Å². The van der Waals surface area contributed by atoms with Gasteiger partial charge in [-0.1, -0.05) is 78.3 Å². The lowest BCUT2D eigenvalue weighted by atomic mass is 9.95. The van der Waals surface area contributed by atoms with Crippen molar-refractivity contribution in [3.8, 4) is 11.5 Å². The predicted octanol–water partition coefficient (Wildman–Crippen LogP) is 7.27. The number of aliphatic hydroxyl groups excluding tert-OH is 1. The Morgan fingerprint density at radius 1 is 1.03 bits per heavy atom. The molecule has 2 aromatic rings.